The van der Waals surface area contributed by atoms with Gasteiger partial charge in [0.1, 0.15) is 0 Å². The molecule has 0 unspecified atom stereocenters. The second-order valence-electron chi connectivity index (χ2n) is 4.87. The van der Waals surface area contributed by atoms with E-state index in [9.17, 15) is 0 Å². The van der Waals surface area contributed by atoms with Gasteiger partial charge in [-0.05, 0) is 65.9 Å². The SMILES string of the molecule is CCNCc1cc(Br)c(OCC2CC2)c(OCC)c1. The summed E-state index contributed by atoms with van der Waals surface area (Å²) in [6.07, 6.45) is 2.58. The maximum absolute atomic E-state index is 5.91. The van der Waals surface area contributed by atoms with E-state index in [0.29, 0.717) is 6.61 Å². The van der Waals surface area contributed by atoms with Crippen molar-refractivity contribution in [2.24, 2.45) is 5.92 Å². The Balaban J connectivity index is 2.13. The van der Waals surface area contributed by atoms with E-state index < -0.39 is 0 Å². The first-order valence-electron chi connectivity index (χ1n) is 7.03. The summed E-state index contributed by atoms with van der Waals surface area (Å²) >= 11 is 3.60. The lowest BCUT2D eigenvalue weighted by molar-refractivity contribution is 0.265. The average Bonchev–Trinajstić information content (AvgIpc) is 3.20. The highest BCUT2D eigenvalue weighted by molar-refractivity contribution is 9.10. The summed E-state index contributed by atoms with van der Waals surface area (Å²) in [5.74, 6) is 2.42. The quantitative estimate of drug-likeness (QED) is 0.788. The molecule has 1 aliphatic rings. The van der Waals surface area contributed by atoms with Gasteiger partial charge in [0.2, 0.25) is 0 Å². The van der Waals surface area contributed by atoms with Crippen molar-refractivity contribution in [2.75, 3.05) is 19.8 Å². The highest BCUT2D eigenvalue weighted by Crippen LogP contribution is 2.39. The molecule has 4 heteroatoms. The second-order valence-corrected chi connectivity index (χ2v) is 5.73. The normalized spacial score (nSPS) is 14.5. The molecule has 0 spiro atoms. The lowest BCUT2D eigenvalue weighted by Crippen LogP contribution is -2.12. The van der Waals surface area contributed by atoms with Crippen molar-refractivity contribution in [1.82, 2.24) is 5.32 Å². The molecule has 0 atom stereocenters. The van der Waals surface area contributed by atoms with Crippen molar-refractivity contribution in [3.05, 3.63) is 22.2 Å². The fraction of sp³-hybridized carbons (Fsp3) is 0.600. The van der Waals surface area contributed by atoms with Gasteiger partial charge >= 0.3 is 0 Å². The number of hydrogen-bond acceptors (Lipinski definition) is 3. The van der Waals surface area contributed by atoms with E-state index in [4.69, 9.17) is 9.47 Å². The Morgan fingerprint density at radius 2 is 2.05 bits per heavy atom. The predicted molar refractivity (Wildman–Crippen MR) is 80.9 cm³/mol. The molecule has 2 rings (SSSR count). The molecule has 1 fully saturated rings. The number of nitrogens with one attached hydrogen (secondary N) is 1. The van der Waals surface area contributed by atoms with Crippen LogP contribution in [0.2, 0.25) is 0 Å². The van der Waals surface area contributed by atoms with Crippen LogP contribution in [0.15, 0.2) is 16.6 Å². The van der Waals surface area contributed by atoms with Crippen molar-refractivity contribution in [1.29, 1.82) is 0 Å². The molecule has 0 radical (unpaired) electrons. The van der Waals surface area contributed by atoms with Crippen molar-refractivity contribution < 1.29 is 9.47 Å². The first-order chi connectivity index (χ1) is 9.24. The monoisotopic (exact) mass is 327 g/mol. The summed E-state index contributed by atoms with van der Waals surface area (Å²) < 4.78 is 12.6. The Morgan fingerprint density at radius 3 is 2.68 bits per heavy atom. The first-order valence-corrected chi connectivity index (χ1v) is 7.82. The highest BCUT2D eigenvalue weighted by atomic mass is 79.9. The third-order valence-corrected chi connectivity index (χ3v) is 3.70. The molecule has 0 aliphatic heterocycles. The van der Waals surface area contributed by atoms with E-state index in [2.05, 4.69) is 40.3 Å². The second kappa shape index (κ2) is 7.15. The molecule has 106 valence electrons. The van der Waals surface area contributed by atoms with Crippen LogP contribution in [-0.4, -0.2) is 19.8 Å². The molecule has 1 aliphatic carbocycles. The zero-order chi connectivity index (χ0) is 13.7. The van der Waals surface area contributed by atoms with Crippen molar-refractivity contribution >= 4 is 15.9 Å². The number of rotatable bonds is 8. The lowest BCUT2D eigenvalue weighted by Gasteiger charge is -2.15. The maximum atomic E-state index is 5.91. The molecule has 1 N–H and O–H groups in total. The van der Waals surface area contributed by atoms with Gasteiger partial charge in [-0.3, -0.25) is 0 Å². The Kier molecular flexibility index (Phi) is 5.52. The van der Waals surface area contributed by atoms with Crippen molar-refractivity contribution in [2.45, 2.75) is 33.2 Å². The number of halogens is 1. The van der Waals surface area contributed by atoms with Gasteiger partial charge in [-0.25, -0.2) is 0 Å². The van der Waals surface area contributed by atoms with Crippen LogP contribution >= 0.6 is 15.9 Å². The highest BCUT2D eigenvalue weighted by Gasteiger charge is 2.23. The molecule has 1 saturated carbocycles. The van der Waals surface area contributed by atoms with E-state index in [-0.39, 0.29) is 0 Å². The van der Waals surface area contributed by atoms with Gasteiger partial charge < -0.3 is 14.8 Å². The first kappa shape index (κ1) is 14.7. The van der Waals surface area contributed by atoms with E-state index in [1.807, 2.05) is 6.92 Å². The molecule has 1 aromatic rings. The minimum Gasteiger partial charge on any atom is -0.490 e. The van der Waals surface area contributed by atoms with Crippen LogP contribution in [0.5, 0.6) is 11.5 Å². The number of hydrogen-bond donors (Lipinski definition) is 1. The largest absolute Gasteiger partial charge is 0.490 e. The Hall–Kier alpha value is -0.740. The van der Waals surface area contributed by atoms with Gasteiger partial charge in [0.25, 0.3) is 0 Å². The summed E-state index contributed by atoms with van der Waals surface area (Å²) in [7, 11) is 0. The van der Waals surface area contributed by atoms with Gasteiger partial charge in [-0.15, -0.1) is 0 Å². The zero-order valence-electron chi connectivity index (χ0n) is 11.7. The summed E-state index contributed by atoms with van der Waals surface area (Å²) in [4.78, 5) is 0. The average molecular weight is 328 g/mol. The number of benzene rings is 1. The van der Waals surface area contributed by atoms with E-state index >= 15 is 0 Å². The van der Waals surface area contributed by atoms with Crippen LogP contribution in [0, 0.1) is 5.92 Å². The molecule has 3 nitrogen and oxygen atoms in total. The molecule has 1 aromatic carbocycles. The van der Waals surface area contributed by atoms with Crippen LogP contribution < -0.4 is 14.8 Å². The summed E-state index contributed by atoms with van der Waals surface area (Å²) in [6.45, 7) is 7.35. The molecular formula is C15H22BrNO2. The fourth-order valence-electron chi connectivity index (χ4n) is 1.88. The van der Waals surface area contributed by atoms with Crippen molar-refractivity contribution in [3.63, 3.8) is 0 Å². The van der Waals surface area contributed by atoms with Crippen molar-refractivity contribution in [3.8, 4) is 11.5 Å². The topological polar surface area (TPSA) is 30.5 Å². The Labute approximate surface area is 123 Å². The Bertz CT molecular complexity index is 419. The van der Waals surface area contributed by atoms with Gasteiger partial charge in [-0.2, -0.15) is 0 Å². The van der Waals surface area contributed by atoms with Crippen LogP contribution in [-0.2, 0) is 6.54 Å². The van der Waals surface area contributed by atoms with Crippen LogP contribution in [0.1, 0.15) is 32.3 Å². The summed E-state index contributed by atoms with van der Waals surface area (Å²) in [6, 6.07) is 4.17. The van der Waals surface area contributed by atoms with Gasteiger partial charge in [-0.1, -0.05) is 6.92 Å². The van der Waals surface area contributed by atoms with Gasteiger partial charge in [0.05, 0.1) is 17.7 Å². The third-order valence-electron chi connectivity index (χ3n) is 3.11. The smallest absolute Gasteiger partial charge is 0.175 e. The lowest BCUT2D eigenvalue weighted by atomic mass is 10.2. The molecule has 0 heterocycles. The molecule has 0 amide bonds. The number of ether oxygens (including phenoxy) is 2. The Morgan fingerprint density at radius 1 is 1.26 bits per heavy atom. The van der Waals surface area contributed by atoms with E-state index in [1.165, 1.54) is 18.4 Å². The molecule has 0 saturated heterocycles. The molecule has 0 bridgehead atoms. The minimum atomic E-state index is 0.650. The van der Waals surface area contributed by atoms with Crippen LogP contribution in [0.4, 0.5) is 0 Å². The minimum absolute atomic E-state index is 0.650. The third kappa shape index (κ3) is 4.39. The molecule has 0 aromatic heterocycles. The predicted octanol–water partition coefficient (Wildman–Crippen LogP) is 3.75. The van der Waals surface area contributed by atoms with E-state index in [1.54, 1.807) is 0 Å². The fourth-order valence-corrected chi connectivity index (χ4v) is 2.49. The van der Waals surface area contributed by atoms with Crippen LogP contribution in [0.25, 0.3) is 0 Å². The van der Waals surface area contributed by atoms with Gasteiger partial charge in [0, 0.05) is 6.54 Å². The van der Waals surface area contributed by atoms with Crippen LogP contribution in [0.3, 0.4) is 0 Å². The standard InChI is InChI=1S/C15H22BrNO2/c1-3-17-9-12-7-13(16)15(14(8-12)18-4-2)19-10-11-5-6-11/h7-8,11,17H,3-6,9-10H2,1-2H3. The molecule has 19 heavy (non-hydrogen) atoms. The van der Waals surface area contributed by atoms with E-state index in [0.717, 1.165) is 41.6 Å². The maximum Gasteiger partial charge on any atom is 0.175 e. The zero-order valence-corrected chi connectivity index (χ0v) is 13.3. The van der Waals surface area contributed by atoms with Gasteiger partial charge in [0.15, 0.2) is 11.5 Å². The molecular weight excluding hydrogens is 306 g/mol. The summed E-state index contributed by atoms with van der Waals surface area (Å²) in [5, 5.41) is 3.32. The summed E-state index contributed by atoms with van der Waals surface area (Å²) in [5.41, 5.74) is 1.20.